The second kappa shape index (κ2) is 8.07. The fourth-order valence-corrected chi connectivity index (χ4v) is 3.70. The number of hydrogen-bond donors (Lipinski definition) is 0. The fourth-order valence-electron chi connectivity index (χ4n) is 1.76. The third-order valence-electron chi connectivity index (χ3n) is 3.17. The Morgan fingerprint density at radius 3 is 2.32 bits per heavy atom. The summed E-state index contributed by atoms with van der Waals surface area (Å²) in [6, 6.07) is 8.23. The number of carbonyl (C=O) groups excluding carboxylic acids is 2. The van der Waals surface area contributed by atoms with E-state index < -0.39 is 22.6 Å². The predicted octanol–water partition coefficient (Wildman–Crippen LogP) is 2.62. The molecule has 0 spiro atoms. The lowest BCUT2D eigenvalue weighted by Gasteiger charge is -2.14. The number of hydroxylamine groups is 1. The third-order valence-corrected chi connectivity index (χ3v) is 6.13. The van der Waals surface area contributed by atoms with Crippen LogP contribution in [-0.4, -0.2) is 45.4 Å². The van der Waals surface area contributed by atoms with Crippen LogP contribution in [0.2, 0.25) is 4.34 Å². The van der Waals surface area contributed by atoms with Crippen molar-refractivity contribution in [1.82, 2.24) is 4.47 Å². The molecule has 0 saturated heterocycles. The Balaban J connectivity index is 2.02. The lowest BCUT2D eigenvalue weighted by atomic mass is 10.2. The number of carbonyl (C=O) groups is 2. The summed E-state index contributed by atoms with van der Waals surface area (Å²) in [5.41, 5.74) is 0.121. The van der Waals surface area contributed by atoms with Gasteiger partial charge in [0, 0.05) is 7.05 Å². The van der Waals surface area contributed by atoms with E-state index in [1.807, 2.05) is 0 Å². The molecule has 1 aromatic carbocycles. The Morgan fingerprint density at radius 1 is 1.16 bits per heavy atom. The molecular weight excluding hydrogens is 390 g/mol. The molecule has 2 rings (SSSR count). The summed E-state index contributed by atoms with van der Waals surface area (Å²) in [6.07, 6.45) is 0. The van der Waals surface area contributed by atoms with Gasteiger partial charge in [-0.1, -0.05) is 16.1 Å². The molecule has 0 aliphatic rings. The van der Waals surface area contributed by atoms with Crippen LogP contribution in [0.5, 0.6) is 0 Å². The van der Waals surface area contributed by atoms with E-state index in [-0.39, 0.29) is 16.2 Å². The molecule has 2 aromatic rings. The lowest BCUT2D eigenvalue weighted by molar-refractivity contribution is -0.0258. The number of sulfonamides is 1. The molecule has 134 valence electrons. The molecule has 0 unspecified atom stereocenters. The number of esters is 1. The molecule has 0 N–H and O–H groups in total. The molecule has 0 saturated carbocycles. The van der Waals surface area contributed by atoms with E-state index in [1.165, 1.54) is 38.4 Å². The first kappa shape index (κ1) is 19.5. The lowest BCUT2D eigenvalue weighted by Crippen LogP contribution is -2.25. The van der Waals surface area contributed by atoms with E-state index in [2.05, 4.69) is 4.84 Å². The van der Waals surface area contributed by atoms with Crippen LogP contribution in [0.1, 0.15) is 20.0 Å². The summed E-state index contributed by atoms with van der Waals surface area (Å²) in [5, 5.41) is 0. The molecule has 7 nitrogen and oxygen atoms in total. The molecule has 0 aliphatic carbocycles. The third kappa shape index (κ3) is 4.65. The highest BCUT2D eigenvalue weighted by molar-refractivity contribution is 7.89. The van der Waals surface area contributed by atoms with Gasteiger partial charge in [0.05, 0.1) is 26.8 Å². The Morgan fingerprint density at radius 2 is 1.80 bits per heavy atom. The van der Waals surface area contributed by atoms with Crippen LogP contribution in [0.25, 0.3) is 0 Å². The van der Waals surface area contributed by atoms with Crippen molar-refractivity contribution in [3.8, 4) is 0 Å². The van der Waals surface area contributed by atoms with Crippen LogP contribution in [0.4, 0.5) is 0 Å². The molecule has 10 heteroatoms. The van der Waals surface area contributed by atoms with Gasteiger partial charge in [0.25, 0.3) is 10.0 Å². The van der Waals surface area contributed by atoms with E-state index >= 15 is 0 Å². The molecule has 0 aliphatic heterocycles. The zero-order valence-corrected chi connectivity index (χ0v) is 15.7. The first-order chi connectivity index (χ1) is 11.8. The number of hydrogen-bond acceptors (Lipinski definition) is 7. The second-order valence-electron chi connectivity index (χ2n) is 4.72. The van der Waals surface area contributed by atoms with Crippen molar-refractivity contribution in [2.75, 3.05) is 20.8 Å². The SMILES string of the molecule is CON(C)S(=O)(=O)c1ccc(C(=O)OCC(=O)c2ccc(Cl)s2)cc1. The monoisotopic (exact) mass is 403 g/mol. The Bertz CT molecular complexity index is 876. The number of benzene rings is 1. The number of Topliss-reactive ketones (excluding diaryl/α,β-unsaturated/α-hetero) is 1. The van der Waals surface area contributed by atoms with Crippen LogP contribution in [0.3, 0.4) is 0 Å². The highest BCUT2D eigenvalue weighted by Gasteiger charge is 2.21. The minimum absolute atomic E-state index is 0.0438. The smallest absolute Gasteiger partial charge is 0.338 e. The maximum absolute atomic E-state index is 12.0. The predicted molar refractivity (Wildman–Crippen MR) is 92.3 cm³/mol. The van der Waals surface area contributed by atoms with Crippen molar-refractivity contribution >= 4 is 44.7 Å². The van der Waals surface area contributed by atoms with Crippen molar-refractivity contribution < 1.29 is 27.6 Å². The van der Waals surface area contributed by atoms with Crippen molar-refractivity contribution in [3.05, 3.63) is 51.2 Å². The fraction of sp³-hybridized carbons (Fsp3) is 0.200. The second-order valence-corrected chi connectivity index (χ2v) is 8.38. The van der Waals surface area contributed by atoms with Crippen molar-refractivity contribution in [2.45, 2.75) is 4.90 Å². The summed E-state index contributed by atoms with van der Waals surface area (Å²) in [7, 11) is -1.32. The van der Waals surface area contributed by atoms with Gasteiger partial charge in [0.1, 0.15) is 0 Å². The highest BCUT2D eigenvalue weighted by atomic mass is 35.5. The molecule has 0 bridgehead atoms. The summed E-state index contributed by atoms with van der Waals surface area (Å²) in [5.74, 6) is -1.11. The van der Waals surface area contributed by atoms with Crippen molar-refractivity contribution in [2.24, 2.45) is 0 Å². The van der Waals surface area contributed by atoms with Gasteiger partial charge < -0.3 is 4.74 Å². The van der Waals surface area contributed by atoms with Gasteiger partial charge in [0.2, 0.25) is 5.78 Å². The average molecular weight is 404 g/mol. The quantitative estimate of drug-likeness (QED) is 0.401. The van der Waals surface area contributed by atoms with E-state index in [1.54, 1.807) is 12.1 Å². The van der Waals surface area contributed by atoms with Crippen LogP contribution >= 0.6 is 22.9 Å². The zero-order valence-electron chi connectivity index (χ0n) is 13.3. The first-order valence-corrected chi connectivity index (χ1v) is 9.48. The summed E-state index contributed by atoms with van der Waals surface area (Å²) in [4.78, 5) is 28.8. The number of nitrogens with zero attached hydrogens (tertiary/aromatic N) is 1. The number of ketones is 1. The molecule has 0 fully saturated rings. The van der Waals surface area contributed by atoms with Gasteiger partial charge in [-0.2, -0.15) is 0 Å². The topological polar surface area (TPSA) is 90.0 Å². The standard InChI is InChI=1S/C15H14ClNO6S2/c1-17(22-2)25(20,21)11-5-3-10(4-6-11)15(19)23-9-12(18)13-7-8-14(16)24-13/h3-8H,9H2,1-2H3. The van der Waals surface area contributed by atoms with E-state index in [9.17, 15) is 18.0 Å². The van der Waals surface area contributed by atoms with Crippen LogP contribution in [0.15, 0.2) is 41.3 Å². The van der Waals surface area contributed by atoms with Gasteiger partial charge >= 0.3 is 5.97 Å². The number of halogens is 1. The minimum atomic E-state index is -3.80. The maximum Gasteiger partial charge on any atom is 0.338 e. The highest BCUT2D eigenvalue weighted by Crippen LogP contribution is 2.22. The normalized spacial score (nSPS) is 11.5. The average Bonchev–Trinajstić information content (AvgIpc) is 3.05. The van der Waals surface area contributed by atoms with Crippen LogP contribution in [0, 0.1) is 0 Å². The molecule has 0 radical (unpaired) electrons. The van der Waals surface area contributed by atoms with Gasteiger partial charge in [-0.05, 0) is 36.4 Å². The number of ether oxygens (including phenoxy) is 1. The summed E-state index contributed by atoms with van der Waals surface area (Å²) < 4.78 is 30.2. The molecule has 1 aromatic heterocycles. The summed E-state index contributed by atoms with van der Waals surface area (Å²) in [6.45, 7) is -0.428. The molecule has 1 heterocycles. The van der Waals surface area contributed by atoms with Crippen LogP contribution in [-0.2, 0) is 19.6 Å². The van der Waals surface area contributed by atoms with E-state index in [0.717, 1.165) is 11.3 Å². The molecule has 0 atom stereocenters. The molecule has 0 amide bonds. The van der Waals surface area contributed by atoms with Crippen molar-refractivity contribution in [3.63, 3.8) is 0 Å². The van der Waals surface area contributed by atoms with Gasteiger partial charge in [-0.25, -0.2) is 13.2 Å². The molecular formula is C15H14ClNO6S2. The van der Waals surface area contributed by atoms with Gasteiger partial charge in [-0.15, -0.1) is 11.3 Å². The van der Waals surface area contributed by atoms with Gasteiger partial charge in [0.15, 0.2) is 6.61 Å². The molecule has 25 heavy (non-hydrogen) atoms. The van der Waals surface area contributed by atoms with Crippen LogP contribution < -0.4 is 0 Å². The van der Waals surface area contributed by atoms with Gasteiger partial charge in [-0.3, -0.25) is 9.63 Å². The van der Waals surface area contributed by atoms with E-state index in [4.69, 9.17) is 16.3 Å². The minimum Gasteiger partial charge on any atom is -0.454 e. The van der Waals surface area contributed by atoms with E-state index in [0.29, 0.717) is 13.7 Å². The Hall–Kier alpha value is -1.78. The zero-order chi connectivity index (χ0) is 18.6. The summed E-state index contributed by atoms with van der Waals surface area (Å²) >= 11 is 6.84. The Labute approximate surface area is 153 Å². The Kier molecular flexibility index (Phi) is 6.31. The number of rotatable bonds is 7. The first-order valence-electron chi connectivity index (χ1n) is 6.84. The van der Waals surface area contributed by atoms with Crippen molar-refractivity contribution in [1.29, 1.82) is 0 Å². The largest absolute Gasteiger partial charge is 0.454 e. The maximum atomic E-state index is 12.0. The number of thiophene rings is 1.